The van der Waals surface area contributed by atoms with Gasteiger partial charge in [-0.15, -0.1) is 0 Å². The number of carbonyl (C=O) groups excluding carboxylic acids is 1. The van der Waals surface area contributed by atoms with Crippen LogP contribution in [0.5, 0.6) is 0 Å². The lowest BCUT2D eigenvalue weighted by Crippen LogP contribution is -2.36. The lowest BCUT2D eigenvalue weighted by molar-refractivity contribution is -0.116. The van der Waals surface area contributed by atoms with Gasteiger partial charge in [0.25, 0.3) is 0 Å². The van der Waals surface area contributed by atoms with Crippen LogP contribution in [0.2, 0.25) is 0 Å². The van der Waals surface area contributed by atoms with Gasteiger partial charge in [-0.25, -0.2) is 0 Å². The van der Waals surface area contributed by atoms with Gasteiger partial charge < -0.3 is 4.90 Å². The zero-order valence-corrected chi connectivity index (χ0v) is 12.5. The number of allylic oxidation sites excluding steroid dienone is 3. The van der Waals surface area contributed by atoms with E-state index in [1.807, 2.05) is 19.1 Å². The van der Waals surface area contributed by atoms with Gasteiger partial charge in [0.15, 0.2) is 5.78 Å². The largest absolute Gasteiger partial charge is 0.377 e. The summed E-state index contributed by atoms with van der Waals surface area (Å²) in [4.78, 5) is 14.6. The summed E-state index contributed by atoms with van der Waals surface area (Å²) in [6, 6.07) is 0. The highest BCUT2D eigenvalue weighted by molar-refractivity contribution is 5.97. The van der Waals surface area contributed by atoms with Crippen molar-refractivity contribution in [1.82, 2.24) is 4.90 Å². The summed E-state index contributed by atoms with van der Waals surface area (Å²) >= 11 is 0. The van der Waals surface area contributed by atoms with Crippen LogP contribution >= 0.6 is 0 Å². The average molecular weight is 249 g/mol. The van der Waals surface area contributed by atoms with Crippen LogP contribution in [-0.4, -0.2) is 23.8 Å². The molecule has 0 aromatic rings. The van der Waals surface area contributed by atoms with Gasteiger partial charge in [-0.3, -0.25) is 4.79 Å². The molecular weight excluding hydrogens is 222 g/mol. The van der Waals surface area contributed by atoms with Crippen LogP contribution in [0, 0.1) is 11.3 Å². The molecule has 1 rings (SSSR count). The summed E-state index contributed by atoms with van der Waals surface area (Å²) in [6.45, 7) is 12.9. The third-order valence-corrected chi connectivity index (χ3v) is 3.50. The molecule has 0 N–H and O–H groups in total. The Balaban J connectivity index is 2.86. The lowest BCUT2D eigenvalue weighted by atomic mass is 9.76. The molecule has 0 spiro atoms. The third kappa shape index (κ3) is 4.01. The molecule has 1 aliphatic heterocycles. The number of Topliss-reactive ketones (excluding diaryl/α,β-unsaturated/α-hetero) is 1. The molecule has 0 saturated carbocycles. The minimum Gasteiger partial charge on any atom is -0.377 e. The van der Waals surface area contributed by atoms with Crippen molar-refractivity contribution in [3.63, 3.8) is 0 Å². The van der Waals surface area contributed by atoms with Gasteiger partial charge in [0.05, 0.1) is 0 Å². The molecule has 2 heteroatoms. The van der Waals surface area contributed by atoms with Crippen molar-refractivity contribution in [2.45, 2.75) is 47.5 Å². The highest BCUT2D eigenvalue weighted by atomic mass is 16.1. The van der Waals surface area contributed by atoms with E-state index in [1.54, 1.807) is 0 Å². The molecule has 0 bridgehead atoms. The van der Waals surface area contributed by atoms with Gasteiger partial charge in [-0.1, -0.05) is 39.8 Å². The van der Waals surface area contributed by atoms with E-state index in [0.717, 1.165) is 25.1 Å². The Morgan fingerprint density at radius 2 is 2.17 bits per heavy atom. The fraction of sp³-hybridized carbons (Fsp3) is 0.688. The number of ketones is 1. The van der Waals surface area contributed by atoms with Crippen LogP contribution in [0.3, 0.4) is 0 Å². The van der Waals surface area contributed by atoms with Gasteiger partial charge in [0.2, 0.25) is 0 Å². The molecule has 1 heterocycles. The summed E-state index contributed by atoms with van der Waals surface area (Å²) in [6.07, 6.45) is 7.59. The fourth-order valence-corrected chi connectivity index (χ4v) is 2.38. The maximum absolute atomic E-state index is 12.3. The Morgan fingerprint density at radius 3 is 2.72 bits per heavy atom. The van der Waals surface area contributed by atoms with Gasteiger partial charge in [-0.2, -0.15) is 0 Å². The van der Waals surface area contributed by atoms with Crippen molar-refractivity contribution >= 4 is 5.78 Å². The smallest absolute Gasteiger partial charge is 0.164 e. The Bertz CT molecular complexity index is 350. The molecule has 0 radical (unpaired) electrons. The lowest BCUT2D eigenvalue weighted by Gasteiger charge is -2.37. The first kappa shape index (κ1) is 15.0. The second kappa shape index (κ2) is 6.21. The molecule has 1 aliphatic rings. The van der Waals surface area contributed by atoms with E-state index in [9.17, 15) is 4.79 Å². The zero-order valence-electron chi connectivity index (χ0n) is 12.5. The van der Waals surface area contributed by atoms with Crippen LogP contribution in [0.4, 0.5) is 0 Å². The standard InChI is InChI=1S/C16H27NO/c1-6-7-8-15(18)14-12-17(11-13(2)3)10-9-16(14,4)5/h6-7,12-13H,8-11H2,1-5H3/b7-6+. The highest BCUT2D eigenvalue weighted by Crippen LogP contribution is 2.35. The van der Waals surface area contributed by atoms with Crippen molar-refractivity contribution in [3.05, 3.63) is 23.9 Å². The number of hydrogen-bond acceptors (Lipinski definition) is 2. The topological polar surface area (TPSA) is 20.3 Å². The second-order valence-electron chi connectivity index (χ2n) is 6.26. The SMILES string of the molecule is C/C=C/CC(=O)C1=CN(CC(C)C)CCC1(C)C. The first-order chi connectivity index (χ1) is 8.36. The van der Waals surface area contributed by atoms with Crippen LogP contribution in [0.25, 0.3) is 0 Å². The zero-order chi connectivity index (χ0) is 13.8. The Labute approximate surface area is 112 Å². The predicted octanol–water partition coefficient (Wildman–Crippen LogP) is 3.79. The van der Waals surface area contributed by atoms with E-state index >= 15 is 0 Å². The molecule has 0 amide bonds. The molecule has 102 valence electrons. The van der Waals surface area contributed by atoms with Gasteiger partial charge in [0, 0.05) is 31.3 Å². The molecule has 2 nitrogen and oxygen atoms in total. The first-order valence-electron chi connectivity index (χ1n) is 6.97. The first-order valence-corrected chi connectivity index (χ1v) is 6.97. The molecule has 0 aromatic carbocycles. The summed E-state index contributed by atoms with van der Waals surface area (Å²) in [5, 5.41) is 0. The van der Waals surface area contributed by atoms with Crippen LogP contribution in [0.15, 0.2) is 23.9 Å². The number of nitrogens with zero attached hydrogens (tertiary/aromatic N) is 1. The summed E-state index contributed by atoms with van der Waals surface area (Å²) in [7, 11) is 0. The normalized spacial score (nSPS) is 19.4. The maximum atomic E-state index is 12.3. The number of carbonyl (C=O) groups is 1. The predicted molar refractivity (Wildman–Crippen MR) is 77.3 cm³/mol. The monoisotopic (exact) mass is 249 g/mol. The van der Waals surface area contributed by atoms with E-state index in [2.05, 4.69) is 38.8 Å². The highest BCUT2D eigenvalue weighted by Gasteiger charge is 2.32. The van der Waals surface area contributed by atoms with Crippen molar-refractivity contribution in [3.8, 4) is 0 Å². The Kier molecular flexibility index (Phi) is 5.18. The maximum Gasteiger partial charge on any atom is 0.164 e. The van der Waals surface area contributed by atoms with E-state index in [4.69, 9.17) is 0 Å². The molecular formula is C16H27NO. The number of hydrogen-bond donors (Lipinski definition) is 0. The molecule has 0 atom stereocenters. The summed E-state index contributed by atoms with van der Waals surface area (Å²) in [5.41, 5.74) is 1.01. The fourth-order valence-electron chi connectivity index (χ4n) is 2.38. The number of rotatable bonds is 5. The van der Waals surface area contributed by atoms with Crippen molar-refractivity contribution in [2.75, 3.05) is 13.1 Å². The average Bonchev–Trinajstić information content (AvgIpc) is 2.27. The molecule has 0 fully saturated rings. The molecule has 0 saturated heterocycles. The van der Waals surface area contributed by atoms with Crippen LogP contribution < -0.4 is 0 Å². The second-order valence-corrected chi connectivity index (χ2v) is 6.26. The molecule has 0 aliphatic carbocycles. The van der Waals surface area contributed by atoms with Gasteiger partial charge >= 0.3 is 0 Å². The van der Waals surface area contributed by atoms with Crippen molar-refractivity contribution in [2.24, 2.45) is 11.3 Å². The van der Waals surface area contributed by atoms with Crippen LogP contribution in [0.1, 0.15) is 47.5 Å². The summed E-state index contributed by atoms with van der Waals surface area (Å²) < 4.78 is 0. The van der Waals surface area contributed by atoms with E-state index in [0.29, 0.717) is 12.3 Å². The van der Waals surface area contributed by atoms with Crippen molar-refractivity contribution in [1.29, 1.82) is 0 Å². The van der Waals surface area contributed by atoms with E-state index < -0.39 is 0 Å². The van der Waals surface area contributed by atoms with Crippen LogP contribution in [-0.2, 0) is 4.79 Å². The van der Waals surface area contributed by atoms with Gasteiger partial charge in [0.1, 0.15) is 0 Å². The molecule has 0 aromatic heterocycles. The minimum atomic E-state index is 0.0200. The summed E-state index contributed by atoms with van der Waals surface area (Å²) in [5.74, 6) is 0.904. The Hall–Kier alpha value is -1.05. The minimum absolute atomic E-state index is 0.0200. The quantitative estimate of drug-likeness (QED) is 0.691. The molecule has 0 unspecified atom stereocenters. The van der Waals surface area contributed by atoms with Gasteiger partial charge in [-0.05, 0) is 24.7 Å². The Morgan fingerprint density at radius 1 is 1.50 bits per heavy atom. The molecule has 18 heavy (non-hydrogen) atoms. The third-order valence-electron chi connectivity index (χ3n) is 3.50. The van der Waals surface area contributed by atoms with E-state index in [1.165, 1.54) is 0 Å². The van der Waals surface area contributed by atoms with E-state index in [-0.39, 0.29) is 11.2 Å². The van der Waals surface area contributed by atoms with Crippen molar-refractivity contribution < 1.29 is 4.79 Å².